The van der Waals surface area contributed by atoms with Crippen LogP contribution in [0.15, 0.2) is 0 Å². The van der Waals surface area contributed by atoms with Crippen LogP contribution in [-0.2, 0) is 14.3 Å². The standard InChI is InChI=1S/C10H16N2O5S/c1-17-9(15)5-11-10(16)12-2-3-18-6-7(12)4-8(13)14/h7H,2-6H2,1H3,(H,11,16)(H,13,14). The zero-order chi connectivity index (χ0) is 13.5. The number of hydrogen-bond donors (Lipinski definition) is 2. The van der Waals surface area contributed by atoms with Gasteiger partial charge in [-0.25, -0.2) is 4.79 Å². The molecule has 0 bridgehead atoms. The number of esters is 1. The molecule has 102 valence electrons. The molecule has 1 heterocycles. The van der Waals surface area contributed by atoms with E-state index in [1.54, 1.807) is 11.8 Å². The highest BCUT2D eigenvalue weighted by Crippen LogP contribution is 2.18. The summed E-state index contributed by atoms with van der Waals surface area (Å²) in [5, 5.41) is 11.2. The van der Waals surface area contributed by atoms with Gasteiger partial charge in [0, 0.05) is 18.1 Å². The molecule has 2 amide bonds. The van der Waals surface area contributed by atoms with E-state index in [2.05, 4.69) is 10.1 Å². The number of carboxylic acids is 1. The first-order valence-electron chi connectivity index (χ1n) is 5.45. The molecule has 2 N–H and O–H groups in total. The van der Waals surface area contributed by atoms with Gasteiger partial charge < -0.3 is 20.1 Å². The first-order chi connectivity index (χ1) is 8.54. The summed E-state index contributed by atoms with van der Waals surface area (Å²) in [6.07, 6.45) is -0.0847. The van der Waals surface area contributed by atoms with E-state index in [-0.39, 0.29) is 19.0 Å². The maximum atomic E-state index is 11.8. The van der Waals surface area contributed by atoms with Crippen molar-refractivity contribution in [3.05, 3.63) is 0 Å². The number of aliphatic carboxylic acids is 1. The summed E-state index contributed by atoms with van der Waals surface area (Å²) in [7, 11) is 1.24. The predicted octanol–water partition coefficient (Wildman–Crippen LogP) is -0.239. The Balaban J connectivity index is 2.51. The number of urea groups is 1. The molecule has 1 fully saturated rings. The molecule has 0 spiro atoms. The number of rotatable bonds is 4. The van der Waals surface area contributed by atoms with Gasteiger partial charge in [-0.05, 0) is 0 Å². The van der Waals surface area contributed by atoms with E-state index < -0.39 is 18.0 Å². The van der Waals surface area contributed by atoms with Crippen LogP contribution in [0.25, 0.3) is 0 Å². The Kier molecular flexibility index (Phi) is 5.76. The molecule has 7 nitrogen and oxygen atoms in total. The van der Waals surface area contributed by atoms with Crippen LogP contribution in [-0.4, -0.2) is 65.7 Å². The maximum Gasteiger partial charge on any atom is 0.325 e. The second-order valence-corrected chi connectivity index (χ2v) is 4.90. The number of hydrogen-bond acceptors (Lipinski definition) is 5. The van der Waals surface area contributed by atoms with Gasteiger partial charge in [0.25, 0.3) is 0 Å². The Labute approximate surface area is 109 Å². The topological polar surface area (TPSA) is 95.9 Å². The summed E-state index contributed by atoms with van der Waals surface area (Å²) >= 11 is 1.62. The molecule has 1 aliphatic heterocycles. The fraction of sp³-hybridized carbons (Fsp3) is 0.700. The van der Waals surface area contributed by atoms with E-state index in [1.165, 1.54) is 12.0 Å². The molecule has 1 atom stereocenters. The van der Waals surface area contributed by atoms with Gasteiger partial charge in [-0.2, -0.15) is 11.8 Å². The van der Waals surface area contributed by atoms with Gasteiger partial charge in [0.05, 0.1) is 19.6 Å². The lowest BCUT2D eigenvalue weighted by Crippen LogP contribution is -2.52. The number of amides is 2. The molecule has 1 unspecified atom stereocenters. The van der Waals surface area contributed by atoms with Crippen molar-refractivity contribution in [1.82, 2.24) is 10.2 Å². The number of thioether (sulfide) groups is 1. The minimum absolute atomic E-state index is 0.0847. The molecule has 8 heteroatoms. The van der Waals surface area contributed by atoms with Gasteiger partial charge in [-0.15, -0.1) is 0 Å². The monoisotopic (exact) mass is 276 g/mol. The van der Waals surface area contributed by atoms with Crippen LogP contribution in [0.5, 0.6) is 0 Å². The number of carbonyl (C=O) groups excluding carboxylic acids is 2. The molecule has 1 rings (SSSR count). The van der Waals surface area contributed by atoms with Gasteiger partial charge in [-0.1, -0.05) is 0 Å². The summed E-state index contributed by atoms with van der Waals surface area (Å²) < 4.78 is 4.41. The summed E-state index contributed by atoms with van der Waals surface area (Å²) in [6, 6.07) is -0.758. The normalized spacial score (nSPS) is 19.2. The van der Waals surface area contributed by atoms with Crippen molar-refractivity contribution in [2.45, 2.75) is 12.5 Å². The number of ether oxygens (including phenoxy) is 1. The van der Waals surface area contributed by atoms with E-state index in [0.717, 1.165) is 5.75 Å². The van der Waals surface area contributed by atoms with Crippen molar-refractivity contribution in [3.8, 4) is 0 Å². The van der Waals surface area contributed by atoms with Crippen LogP contribution in [0.4, 0.5) is 4.79 Å². The van der Waals surface area contributed by atoms with Gasteiger partial charge >= 0.3 is 18.0 Å². The average Bonchev–Trinajstić information content (AvgIpc) is 2.35. The van der Waals surface area contributed by atoms with Crippen LogP contribution in [0.1, 0.15) is 6.42 Å². The lowest BCUT2D eigenvalue weighted by molar-refractivity contribution is -0.140. The summed E-state index contributed by atoms with van der Waals surface area (Å²) in [5.74, 6) is -0.113. The Morgan fingerprint density at radius 1 is 1.50 bits per heavy atom. The summed E-state index contributed by atoms with van der Waals surface area (Å²) in [4.78, 5) is 34.9. The van der Waals surface area contributed by atoms with E-state index in [4.69, 9.17) is 5.11 Å². The highest BCUT2D eigenvalue weighted by Gasteiger charge is 2.28. The molecule has 1 aliphatic rings. The largest absolute Gasteiger partial charge is 0.481 e. The highest BCUT2D eigenvalue weighted by atomic mass is 32.2. The van der Waals surface area contributed by atoms with Gasteiger partial charge in [-0.3, -0.25) is 9.59 Å². The minimum atomic E-state index is -0.937. The predicted molar refractivity (Wildman–Crippen MR) is 65.5 cm³/mol. The molecule has 18 heavy (non-hydrogen) atoms. The van der Waals surface area contributed by atoms with Crippen molar-refractivity contribution in [2.24, 2.45) is 0 Å². The number of methoxy groups -OCH3 is 1. The van der Waals surface area contributed by atoms with Crippen molar-refractivity contribution >= 4 is 29.7 Å². The molecule has 0 aliphatic carbocycles. The molecule has 0 aromatic carbocycles. The van der Waals surface area contributed by atoms with Crippen molar-refractivity contribution in [3.63, 3.8) is 0 Å². The van der Waals surface area contributed by atoms with Gasteiger partial charge in [0.2, 0.25) is 0 Å². The number of nitrogens with zero attached hydrogens (tertiary/aromatic N) is 1. The van der Waals surface area contributed by atoms with E-state index in [9.17, 15) is 14.4 Å². The Hall–Kier alpha value is -1.44. The third-order valence-electron chi connectivity index (χ3n) is 2.51. The first kappa shape index (κ1) is 14.6. The molecule has 1 saturated heterocycles. The van der Waals surface area contributed by atoms with E-state index >= 15 is 0 Å². The highest BCUT2D eigenvalue weighted by molar-refractivity contribution is 7.99. The third kappa shape index (κ3) is 4.44. The van der Waals surface area contributed by atoms with Gasteiger partial charge in [0.1, 0.15) is 6.54 Å². The third-order valence-corrected chi connectivity index (χ3v) is 3.60. The lowest BCUT2D eigenvalue weighted by atomic mass is 10.2. The van der Waals surface area contributed by atoms with Crippen LogP contribution in [0.2, 0.25) is 0 Å². The van der Waals surface area contributed by atoms with Crippen LogP contribution in [0, 0.1) is 0 Å². The Morgan fingerprint density at radius 2 is 2.22 bits per heavy atom. The minimum Gasteiger partial charge on any atom is -0.481 e. The molecule has 0 saturated carbocycles. The SMILES string of the molecule is COC(=O)CNC(=O)N1CCSCC1CC(=O)O. The van der Waals surface area contributed by atoms with Crippen molar-refractivity contribution in [1.29, 1.82) is 0 Å². The Bertz CT molecular complexity index is 336. The second-order valence-electron chi connectivity index (χ2n) is 3.75. The van der Waals surface area contributed by atoms with Crippen molar-refractivity contribution in [2.75, 3.05) is 31.7 Å². The van der Waals surface area contributed by atoms with E-state index in [1.807, 2.05) is 0 Å². The fourth-order valence-electron chi connectivity index (χ4n) is 1.61. The number of nitrogens with one attached hydrogen (secondary N) is 1. The molecular weight excluding hydrogens is 260 g/mol. The van der Waals surface area contributed by atoms with Crippen LogP contribution >= 0.6 is 11.8 Å². The van der Waals surface area contributed by atoms with Crippen LogP contribution < -0.4 is 5.32 Å². The maximum absolute atomic E-state index is 11.8. The smallest absolute Gasteiger partial charge is 0.325 e. The zero-order valence-corrected chi connectivity index (χ0v) is 10.9. The molecule has 0 radical (unpaired) electrons. The lowest BCUT2D eigenvalue weighted by Gasteiger charge is -2.34. The molecular formula is C10H16N2O5S. The number of carboxylic acid groups (broad SMARTS) is 1. The van der Waals surface area contributed by atoms with E-state index in [0.29, 0.717) is 12.3 Å². The van der Waals surface area contributed by atoms with Gasteiger partial charge in [0.15, 0.2) is 0 Å². The molecule has 0 aromatic heterocycles. The zero-order valence-electron chi connectivity index (χ0n) is 10.0. The number of carbonyl (C=O) groups is 3. The molecule has 0 aromatic rings. The fourth-order valence-corrected chi connectivity index (χ4v) is 2.68. The summed E-state index contributed by atoms with van der Waals surface area (Å²) in [5.41, 5.74) is 0. The van der Waals surface area contributed by atoms with Crippen LogP contribution in [0.3, 0.4) is 0 Å². The average molecular weight is 276 g/mol. The van der Waals surface area contributed by atoms with Crippen molar-refractivity contribution < 1.29 is 24.2 Å². The summed E-state index contributed by atoms with van der Waals surface area (Å²) in [6.45, 7) is 0.272. The Morgan fingerprint density at radius 3 is 2.83 bits per heavy atom. The first-order valence-corrected chi connectivity index (χ1v) is 6.61. The second kappa shape index (κ2) is 7.10. The quantitative estimate of drug-likeness (QED) is 0.688.